The molecule has 0 radical (unpaired) electrons. The van der Waals surface area contributed by atoms with Crippen molar-refractivity contribution in [3.63, 3.8) is 0 Å². The minimum absolute atomic E-state index is 0.181. The molecule has 0 atom stereocenters. The third-order valence-corrected chi connectivity index (χ3v) is 5.66. The molecule has 1 aliphatic rings. The molecule has 2 aromatic rings. The summed E-state index contributed by atoms with van der Waals surface area (Å²) in [6, 6.07) is 4.16. The van der Waals surface area contributed by atoms with Gasteiger partial charge in [-0.05, 0) is 31.2 Å². The predicted molar refractivity (Wildman–Crippen MR) is 86.9 cm³/mol. The van der Waals surface area contributed by atoms with Gasteiger partial charge in [0.25, 0.3) is 0 Å². The Bertz CT molecular complexity index is 614. The number of nitrogens with zero attached hydrogens (tertiary/aromatic N) is 3. The van der Waals surface area contributed by atoms with Gasteiger partial charge in [-0.3, -0.25) is 4.79 Å². The monoisotopic (exact) mass is 318 g/mol. The van der Waals surface area contributed by atoms with Gasteiger partial charge in [-0.2, -0.15) is 0 Å². The summed E-state index contributed by atoms with van der Waals surface area (Å²) in [7, 11) is 0. The number of hydrogen-bond acceptors (Lipinski definition) is 4. The van der Waals surface area contributed by atoms with Crippen molar-refractivity contribution in [2.75, 3.05) is 6.54 Å². The van der Waals surface area contributed by atoms with E-state index < -0.39 is 0 Å². The van der Waals surface area contributed by atoms with Gasteiger partial charge in [-0.15, -0.1) is 21.5 Å². The van der Waals surface area contributed by atoms with Gasteiger partial charge in [0.05, 0.1) is 5.41 Å². The van der Waals surface area contributed by atoms with Gasteiger partial charge in [-0.25, -0.2) is 0 Å². The zero-order valence-electron chi connectivity index (χ0n) is 12.9. The molecule has 1 amide bonds. The van der Waals surface area contributed by atoms with Crippen LogP contribution in [-0.4, -0.2) is 27.2 Å². The van der Waals surface area contributed by atoms with E-state index in [1.54, 1.807) is 17.7 Å². The van der Waals surface area contributed by atoms with Gasteiger partial charge >= 0.3 is 0 Å². The number of hydrogen-bond donors (Lipinski definition) is 1. The Balaban J connectivity index is 1.66. The Hall–Kier alpha value is -1.69. The first-order chi connectivity index (χ1) is 10.7. The summed E-state index contributed by atoms with van der Waals surface area (Å²) in [6.45, 7) is 3.25. The second-order valence-corrected chi connectivity index (χ2v) is 6.90. The van der Waals surface area contributed by atoms with E-state index in [0.717, 1.165) is 31.5 Å². The summed E-state index contributed by atoms with van der Waals surface area (Å²) >= 11 is 1.70. The van der Waals surface area contributed by atoms with E-state index in [1.165, 1.54) is 11.3 Å². The van der Waals surface area contributed by atoms with Crippen molar-refractivity contribution in [1.82, 2.24) is 20.1 Å². The molecule has 1 aliphatic carbocycles. The maximum atomic E-state index is 12.9. The van der Waals surface area contributed by atoms with Gasteiger partial charge in [0.2, 0.25) is 5.91 Å². The minimum atomic E-state index is -0.311. The van der Waals surface area contributed by atoms with Crippen molar-refractivity contribution in [2.45, 2.75) is 51.0 Å². The third kappa shape index (κ3) is 2.92. The molecule has 0 unspecified atom stereocenters. The first kappa shape index (κ1) is 15.2. The summed E-state index contributed by atoms with van der Waals surface area (Å²) in [4.78, 5) is 14.1. The molecule has 1 fully saturated rings. The highest BCUT2D eigenvalue weighted by molar-refractivity contribution is 7.10. The maximum Gasteiger partial charge on any atom is 0.231 e. The van der Waals surface area contributed by atoms with Crippen LogP contribution in [-0.2, 0) is 16.8 Å². The van der Waals surface area contributed by atoms with Crippen LogP contribution in [0.25, 0.3) is 0 Å². The highest BCUT2D eigenvalue weighted by atomic mass is 32.1. The molecule has 1 saturated carbocycles. The standard InChI is InChI=1S/C16H22N4OS/c1-13-19-18-12-20(13)10-9-17-15(21)16(7-3-2-4-8-16)14-6-5-11-22-14/h5-6,11-12H,2-4,7-10H2,1H3,(H,17,21). The van der Waals surface area contributed by atoms with Gasteiger partial charge in [0, 0.05) is 18.0 Å². The molecule has 5 nitrogen and oxygen atoms in total. The first-order valence-electron chi connectivity index (χ1n) is 7.89. The van der Waals surface area contributed by atoms with Crippen LogP contribution in [0.15, 0.2) is 23.8 Å². The summed E-state index contributed by atoms with van der Waals surface area (Å²) < 4.78 is 1.96. The maximum absolute atomic E-state index is 12.9. The Morgan fingerprint density at radius 1 is 1.41 bits per heavy atom. The molecule has 0 aromatic carbocycles. The lowest BCUT2D eigenvalue weighted by molar-refractivity contribution is -0.128. The van der Waals surface area contributed by atoms with Crippen molar-refractivity contribution in [1.29, 1.82) is 0 Å². The van der Waals surface area contributed by atoms with E-state index in [9.17, 15) is 4.79 Å². The molecule has 3 rings (SSSR count). The number of nitrogens with one attached hydrogen (secondary N) is 1. The number of amides is 1. The van der Waals surface area contributed by atoms with E-state index in [0.29, 0.717) is 13.1 Å². The molecule has 0 spiro atoms. The fraction of sp³-hybridized carbons (Fsp3) is 0.562. The lowest BCUT2D eigenvalue weighted by Gasteiger charge is -2.35. The predicted octanol–water partition coefficient (Wildman–Crippen LogP) is 2.67. The summed E-state index contributed by atoms with van der Waals surface area (Å²) in [6.07, 6.45) is 7.14. The Morgan fingerprint density at radius 2 is 2.23 bits per heavy atom. The highest BCUT2D eigenvalue weighted by Gasteiger charge is 2.41. The van der Waals surface area contributed by atoms with E-state index in [-0.39, 0.29) is 11.3 Å². The normalized spacial score (nSPS) is 17.3. The molecular weight excluding hydrogens is 296 g/mol. The zero-order chi connectivity index (χ0) is 15.4. The number of thiophene rings is 1. The molecular formula is C16H22N4OS. The number of carbonyl (C=O) groups is 1. The van der Waals surface area contributed by atoms with Crippen LogP contribution < -0.4 is 5.32 Å². The molecule has 0 saturated heterocycles. The first-order valence-corrected chi connectivity index (χ1v) is 8.77. The van der Waals surface area contributed by atoms with Crippen molar-refractivity contribution in [2.24, 2.45) is 0 Å². The topological polar surface area (TPSA) is 59.8 Å². The van der Waals surface area contributed by atoms with Crippen LogP contribution in [0.3, 0.4) is 0 Å². The van der Waals surface area contributed by atoms with Crippen LogP contribution in [0, 0.1) is 6.92 Å². The fourth-order valence-electron chi connectivity index (χ4n) is 3.28. The van der Waals surface area contributed by atoms with E-state index in [4.69, 9.17) is 0 Å². The van der Waals surface area contributed by atoms with Crippen LogP contribution in [0.2, 0.25) is 0 Å². The van der Waals surface area contributed by atoms with Gasteiger partial charge < -0.3 is 9.88 Å². The van der Waals surface area contributed by atoms with Crippen LogP contribution in [0.1, 0.15) is 42.8 Å². The SMILES string of the molecule is Cc1nncn1CCNC(=O)C1(c2cccs2)CCCCC1. The van der Waals surface area contributed by atoms with Crippen molar-refractivity contribution in [3.8, 4) is 0 Å². The lowest BCUT2D eigenvalue weighted by atomic mass is 9.72. The van der Waals surface area contributed by atoms with E-state index in [1.807, 2.05) is 17.6 Å². The zero-order valence-corrected chi connectivity index (χ0v) is 13.7. The molecule has 6 heteroatoms. The fourth-order valence-corrected chi connectivity index (χ4v) is 4.27. The lowest BCUT2D eigenvalue weighted by Crippen LogP contribution is -2.46. The second kappa shape index (κ2) is 6.60. The summed E-state index contributed by atoms with van der Waals surface area (Å²) in [5, 5.41) is 13.0. The number of carbonyl (C=O) groups excluding carboxylic acids is 1. The van der Waals surface area contributed by atoms with Crippen molar-refractivity contribution < 1.29 is 4.79 Å². The Labute approximate surface area is 134 Å². The number of aromatic nitrogens is 3. The smallest absolute Gasteiger partial charge is 0.231 e. The minimum Gasteiger partial charge on any atom is -0.354 e. The van der Waals surface area contributed by atoms with Gasteiger partial charge in [-0.1, -0.05) is 25.3 Å². The Morgan fingerprint density at radius 3 is 2.86 bits per heavy atom. The second-order valence-electron chi connectivity index (χ2n) is 5.95. The van der Waals surface area contributed by atoms with Gasteiger partial charge in [0.1, 0.15) is 12.2 Å². The van der Waals surface area contributed by atoms with Crippen molar-refractivity contribution in [3.05, 3.63) is 34.5 Å². The van der Waals surface area contributed by atoms with Crippen LogP contribution in [0.5, 0.6) is 0 Å². The molecule has 1 N–H and O–H groups in total. The largest absolute Gasteiger partial charge is 0.354 e. The number of rotatable bonds is 5. The highest BCUT2D eigenvalue weighted by Crippen LogP contribution is 2.41. The van der Waals surface area contributed by atoms with E-state index >= 15 is 0 Å². The summed E-state index contributed by atoms with van der Waals surface area (Å²) in [5.41, 5.74) is -0.311. The molecule has 2 aromatic heterocycles. The molecule has 0 bridgehead atoms. The molecule has 22 heavy (non-hydrogen) atoms. The summed E-state index contributed by atoms with van der Waals surface area (Å²) in [5.74, 6) is 1.06. The average Bonchev–Trinajstić information content (AvgIpc) is 3.20. The third-order valence-electron chi connectivity index (χ3n) is 4.58. The van der Waals surface area contributed by atoms with Gasteiger partial charge in [0.15, 0.2) is 0 Å². The molecule has 2 heterocycles. The number of aryl methyl sites for hydroxylation is 1. The van der Waals surface area contributed by atoms with Crippen LogP contribution in [0.4, 0.5) is 0 Å². The Kier molecular flexibility index (Phi) is 4.57. The molecule has 118 valence electrons. The molecule has 0 aliphatic heterocycles. The average molecular weight is 318 g/mol. The quantitative estimate of drug-likeness (QED) is 0.922. The van der Waals surface area contributed by atoms with Crippen LogP contribution >= 0.6 is 11.3 Å². The van der Waals surface area contributed by atoms with E-state index in [2.05, 4.69) is 27.0 Å². The van der Waals surface area contributed by atoms with Crippen molar-refractivity contribution >= 4 is 17.2 Å².